The number of carbonyl (C=O) groups is 1. The molecular formula is C21H20N6O4. The molecule has 158 valence electrons. The van der Waals surface area contributed by atoms with Gasteiger partial charge in [-0.15, -0.1) is 5.10 Å². The van der Waals surface area contributed by atoms with Gasteiger partial charge in [0, 0.05) is 12.7 Å². The molecule has 1 amide bonds. The third kappa shape index (κ3) is 4.04. The van der Waals surface area contributed by atoms with Gasteiger partial charge in [0.05, 0.1) is 13.7 Å². The Bertz CT molecular complexity index is 1280. The molecule has 0 aliphatic carbocycles. The van der Waals surface area contributed by atoms with Crippen LogP contribution < -0.4 is 20.5 Å². The van der Waals surface area contributed by atoms with Gasteiger partial charge in [-0.1, -0.05) is 30.3 Å². The van der Waals surface area contributed by atoms with Crippen LogP contribution in [0.5, 0.6) is 5.75 Å². The zero-order valence-corrected chi connectivity index (χ0v) is 16.9. The number of amides is 1. The number of H-pyrrole nitrogens is 1. The number of nitrogens with one attached hydrogen (secondary N) is 2. The highest BCUT2D eigenvalue weighted by atomic mass is 16.5. The summed E-state index contributed by atoms with van der Waals surface area (Å²) in [4.78, 5) is 31.7. The van der Waals surface area contributed by atoms with Gasteiger partial charge in [-0.3, -0.25) is 14.7 Å². The van der Waals surface area contributed by atoms with Crippen LogP contribution in [0.25, 0.3) is 11.0 Å². The minimum absolute atomic E-state index is 0.106. The van der Waals surface area contributed by atoms with Gasteiger partial charge in [0.15, 0.2) is 5.65 Å². The number of nitrogens with zero attached hydrogens (tertiary/aromatic N) is 4. The smallest absolute Gasteiger partial charge is 0.413 e. The van der Waals surface area contributed by atoms with Gasteiger partial charge < -0.3 is 15.2 Å². The number of ether oxygens (including phenoxy) is 1. The van der Waals surface area contributed by atoms with Crippen molar-refractivity contribution in [1.29, 1.82) is 0 Å². The number of aromatic nitrogens is 4. The van der Waals surface area contributed by atoms with Crippen LogP contribution in [-0.4, -0.2) is 45.1 Å². The molecule has 2 heterocycles. The molecule has 4 rings (SSSR count). The highest BCUT2D eigenvalue weighted by Gasteiger charge is 2.20. The molecule has 0 saturated heterocycles. The second-order valence-corrected chi connectivity index (χ2v) is 6.78. The number of rotatable bonds is 6. The molecule has 0 saturated carbocycles. The molecule has 0 bridgehead atoms. The van der Waals surface area contributed by atoms with E-state index >= 15 is 0 Å². The van der Waals surface area contributed by atoms with Crippen LogP contribution >= 0.6 is 0 Å². The van der Waals surface area contributed by atoms with Crippen LogP contribution in [0.1, 0.15) is 5.56 Å². The average Bonchev–Trinajstić information content (AvgIpc) is 3.11. The summed E-state index contributed by atoms with van der Waals surface area (Å²) in [7, 11) is 2.89. The average molecular weight is 420 g/mol. The first-order valence-corrected chi connectivity index (χ1v) is 9.38. The summed E-state index contributed by atoms with van der Waals surface area (Å²) >= 11 is 0. The molecule has 0 aliphatic rings. The van der Waals surface area contributed by atoms with Crippen molar-refractivity contribution in [1.82, 2.24) is 19.7 Å². The minimum atomic E-state index is -1.25. The molecule has 4 aromatic rings. The van der Waals surface area contributed by atoms with E-state index in [4.69, 9.17) is 4.74 Å². The number of hydrogen-bond donors (Lipinski definition) is 3. The number of benzene rings is 2. The third-order valence-corrected chi connectivity index (χ3v) is 4.73. The predicted molar refractivity (Wildman–Crippen MR) is 116 cm³/mol. The molecule has 10 heteroatoms. The van der Waals surface area contributed by atoms with E-state index in [-0.39, 0.29) is 17.0 Å². The molecule has 0 aliphatic heterocycles. The maximum absolute atomic E-state index is 12.9. The van der Waals surface area contributed by atoms with E-state index in [0.717, 1.165) is 21.9 Å². The summed E-state index contributed by atoms with van der Waals surface area (Å²) in [5, 5.41) is 17.2. The van der Waals surface area contributed by atoms with Crippen LogP contribution in [0.3, 0.4) is 0 Å². The van der Waals surface area contributed by atoms with Gasteiger partial charge in [0.2, 0.25) is 5.95 Å². The molecule has 0 spiro atoms. The van der Waals surface area contributed by atoms with E-state index in [1.54, 1.807) is 11.8 Å². The van der Waals surface area contributed by atoms with Crippen LogP contribution in [-0.2, 0) is 6.54 Å². The Morgan fingerprint density at radius 2 is 1.90 bits per heavy atom. The van der Waals surface area contributed by atoms with Crippen molar-refractivity contribution in [2.45, 2.75) is 6.54 Å². The van der Waals surface area contributed by atoms with Gasteiger partial charge in [0.1, 0.15) is 17.0 Å². The Kier molecular flexibility index (Phi) is 5.27. The van der Waals surface area contributed by atoms with E-state index < -0.39 is 11.7 Å². The van der Waals surface area contributed by atoms with E-state index in [2.05, 4.69) is 20.4 Å². The second kappa shape index (κ2) is 8.19. The number of methoxy groups -OCH3 is 1. The summed E-state index contributed by atoms with van der Waals surface area (Å²) < 4.78 is 6.83. The van der Waals surface area contributed by atoms with Gasteiger partial charge in [-0.05, 0) is 29.8 Å². The van der Waals surface area contributed by atoms with Crippen molar-refractivity contribution in [3.63, 3.8) is 0 Å². The summed E-state index contributed by atoms with van der Waals surface area (Å²) in [6.07, 6.45) is -1.25. The SMILES string of the molecule is COc1ccc(Cn2nc3nc(N(C)C(=O)O)[nH]c(=O)c3c2Nc2ccccc2)cc1. The molecule has 2 aromatic carbocycles. The Balaban J connectivity index is 1.83. The van der Waals surface area contributed by atoms with Gasteiger partial charge in [-0.25, -0.2) is 9.48 Å². The lowest BCUT2D eigenvalue weighted by atomic mass is 10.2. The monoisotopic (exact) mass is 420 g/mol. The summed E-state index contributed by atoms with van der Waals surface area (Å²) in [6, 6.07) is 16.9. The number of hydrogen-bond acceptors (Lipinski definition) is 6. The number of anilines is 3. The summed E-state index contributed by atoms with van der Waals surface area (Å²) in [5.41, 5.74) is 1.35. The van der Waals surface area contributed by atoms with Crippen LogP contribution in [0.2, 0.25) is 0 Å². The maximum Gasteiger partial charge on any atom is 0.413 e. The zero-order valence-electron chi connectivity index (χ0n) is 16.9. The highest BCUT2D eigenvalue weighted by Crippen LogP contribution is 2.25. The normalized spacial score (nSPS) is 10.8. The van der Waals surface area contributed by atoms with Gasteiger partial charge in [0.25, 0.3) is 5.56 Å². The lowest BCUT2D eigenvalue weighted by molar-refractivity contribution is 0.203. The van der Waals surface area contributed by atoms with E-state index in [9.17, 15) is 14.7 Å². The lowest BCUT2D eigenvalue weighted by Gasteiger charge is -2.11. The largest absolute Gasteiger partial charge is 0.497 e. The van der Waals surface area contributed by atoms with Gasteiger partial charge >= 0.3 is 6.09 Å². The van der Waals surface area contributed by atoms with Gasteiger partial charge in [-0.2, -0.15) is 4.98 Å². The van der Waals surface area contributed by atoms with E-state index in [1.165, 1.54) is 7.05 Å². The fraction of sp³-hybridized carbons (Fsp3) is 0.143. The van der Waals surface area contributed by atoms with Crippen molar-refractivity contribution in [2.24, 2.45) is 0 Å². The molecule has 0 radical (unpaired) electrons. The lowest BCUT2D eigenvalue weighted by Crippen LogP contribution is -2.28. The molecule has 31 heavy (non-hydrogen) atoms. The van der Waals surface area contributed by atoms with Crippen molar-refractivity contribution < 1.29 is 14.6 Å². The standard InChI is InChI=1S/C21H20N6O4/c1-26(21(29)30)20-23-17-16(19(28)24-20)18(22-14-6-4-3-5-7-14)27(25-17)12-13-8-10-15(31-2)11-9-13/h3-11,22H,12H2,1-2H3,(H,29,30)(H,23,24,25,28). The van der Waals surface area contributed by atoms with Crippen molar-refractivity contribution >= 4 is 34.6 Å². The number of carboxylic acid groups (broad SMARTS) is 1. The summed E-state index contributed by atoms with van der Waals surface area (Å²) in [5.74, 6) is 1.08. The van der Waals surface area contributed by atoms with Crippen LogP contribution in [0.15, 0.2) is 59.4 Å². The molecule has 10 nitrogen and oxygen atoms in total. The van der Waals surface area contributed by atoms with E-state index in [0.29, 0.717) is 12.4 Å². The zero-order chi connectivity index (χ0) is 22.0. The number of aromatic amines is 1. The molecule has 3 N–H and O–H groups in total. The first kappa shape index (κ1) is 20.0. The quantitative estimate of drug-likeness (QED) is 0.438. The van der Waals surface area contributed by atoms with Crippen molar-refractivity contribution in [3.8, 4) is 5.75 Å². The second-order valence-electron chi connectivity index (χ2n) is 6.78. The van der Waals surface area contributed by atoms with Crippen LogP contribution in [0, 0.1) is 0 Å². The first-order chi connectivity index (χ1) is 15.0. The molecular weight excluding hydrogens is 400 g/mol. The first-order valence-electron chi connectivity index (χ1n) is 9.38. The predicted octanol–water partition coefficient (Wildman–Crippen LogP) is 3.03. The highest BCUT2D eigenvalue weighted by molar-refractivity contribution is 5.91. The summed E-state index contributed by atoms with van der Waals surface area (Å²) in [6.45, 7) is 0.360. The molecule has 0 fully saturated rings. The van der Waals surface area contributed by atoms with Crippen molar-refractivity contribution in [2.75, 3.05) is 24.4 Å². The minimum Gasteiger partial charge on any atom is -0.497 e. The number of para-hydroxylation sites is 1. The Labute approximate surface area is 176 Å². The third-order valence-electron chi connectivity index (χ3n) is 4.73. The Morgan fingerprint density at radius 1 is 1.19 bits per heavy atom. The van der Waals surface area contributed by atoms with Crippen molar-refractivity contribution in [3.05, 3.63) is 70.5 Å². The van der Waals surface area contributed by atoms with Crippen LogP contribution in [0.4, 0.5) is 22.2 Å². The Hall–Kier alpha value is -4.34. The Morgan fingerprint density at radius 3 is 2.55 bits per heavy atom. The molecule has 2 aromatic heterocycles. The molecule has 0 unspecified atom stereocenters. The fourth-order valence-corrected chi connectivity index (χ4v) is 3.08. The van der Waals surface area contributed by atoms with E-state index in [1.807, 2.05) is 54.6 Å². The maximum atomic E-state index is 12.9. The molecule has 0 atom stereocenters. The fourth-order valence-electron chi connectivity index (χ4n) is 3.08. The number of fused-ring (bicyclic) bond motifs is 1. The topological polar surface area (TPSA) is 125 Å².